The van der Waals surface area contributed by atoms with E-state index >= 15 is 0 Å². The van der Waals surface area contributed by atoms with Crippen molar-refractivity contribution in [2.24, 2.45) is 0 Å². The average molecular weight is 263 g/mol. The van der Waals surface area contributed by atoms with Gasteiger partial charge in [-0.3, -0.25) is 0 Å². The summed E-state index contributed by atoms with van der Waals surface area (Å²) in [5.41, 5.74) is 0.969. The molecule has 1 heterocycles. The molecule has 1 aromatic rings. The molecule has 0 aromatic heterocycles. The Morgan fingerprint density at radius 2 is 2.33 bits per heavy atom. The monoisotopic (exact) mass is 263 g/mol. The van der Waals surface area contributed by atoms with Crippen molar-refractivity contribution in [3.8, 4) is 17.6 Å². The summed E-state index contributed by atoms with van der Waals surface area (Å²) in [6.07, 6.45) is 2.96. The first kappa shape index (κ1) is 13.1. The van der Waals surface area contributed by atoms with Gasteiger partial charge in [0, 0.05) is 5.75 Å². The maximum Gasteiger partial charge on any atom is 0.161 e. The Morgan fingerprint density at radius 1 is 1.44 bits per heavy atom. The third kappa shape index (κ3) is 3.33. The second-order valence-electron chi connectivity index (χ2n) is 4.28. The Morgan fingerprint density at radius 3 is 3.00 bits per heavy atom. The van der Waals surface area contributed by atoms with Gasteiger partial charge in [-0.25, -0.2) is 0 Å². The number of rotatable bonds is 4. The fraction of sp³-hybridized carbons (Fsp3) is 0.500. The van der Waals surface area contributed by atoms with Crippen LogP contribution in [0.5, 0.6) is 11.5 Å². The van der Waals surface area contributed by atoms with E-state index in [0.717, 1.165) is 29.2 Å². The molecule has 0 radical (unpaired) electrons. The summed E-state index contributed by atoms with van der Waals surface area (Å²) in [4.78, 5) is 0. The van der Waals surface area contributed by atoms with Crippen molar-refractivity contribution in [2.45, 2.75) is 25.4 Å². The predicted octanol–water partition coefficient (Wildman–Crippen LogP) is 3.04. The van der Waals surface area contributed by atoms with Crippen molar-refractivity contribution in [3.05, 3.63) is 23.8 Å². The van der Waals surface area contributed by atoms with Gasteiger partial charge in [-0.05, 0) is 36.3 Å². The molecule has 1 aromatic carbocycles. The van der Waals surface area contributed by atoms with Gasteiger partial charge < -0.3 is 9.47 Å². The largest absolute Gasteiger partial charge is 0.493 e. The molecule has 1 aliphatic heterocycles. The lowest BCUT2D eigenvalue weighted by Crippen LogP contribution is -2.23. The molecule has 0 amide bonds. The number of nitriles is 1. The maximum atomic E-state index is 8.73. The smallest absolute Gasteiger partial charge is 0.161 e. The Hall–Kier alpha value is -1.34. The summed E-state index contributed by atoms with van der Waals surface area (Å²) >= 11 is 1.93. The Labute approximate surface area is 112 Å². The van der Waals surface area contributed by atoms with Crippen LogP contribution in [-0.2, 0) is 6.42 Å². The van der Waals surface area contributed by atoms with E-state index in [4.69, 9.17) is 14.7 Å². The lowest BCUT2D eigenvalue weighted by Gasteiger charge is -2.23. The molecule has 0 bridgehead atoms. The summed E-state index contributed by atoms with van der Waals surface area (Å²) in [5.74, 6) is 3.77. The van der Waals surface area contributed by atoms with E-state index in [1.54, 1.807) is 7.11 Å². The van der Waals surface area contributed by atoms with Crippen molar-refractivity contribution in [3.63, 3.8) is 0 Å². The highest BCUT2D eigenvalue weighted by Gasteiger charge is 2.17. The van der Waals surface area contributed by atoms with Crippen LogP contribution in [0.25, 0.3) is 0 Å². The van der Waals surface area contributed by atoms with Crippen molar-refractivity contribution in [1.29, 1.82) is 5.26 Å². The van der Waals surface area contributed by atoms with Crippen LogP contribution in [0.3, 0.4) is 0 Å². The van der Waals surface area contributed by atoms with Crippen LogP contribution in [0.2, 0.25) is 0 Å². The molecule has 1 fully saturated rings. The van der Waals surface area contributed by atoms with E-state index in [2.05, 4.69) is 6.07 Å². The van der Waals surface area contributed by atoms with E-state index < -0.39 is 0 Å². The SMILES string of the molecule is COc1ccc(CC#N)cc1OC1CCCSC1. The van der Waals surface area contributed by atoms with Gasteiger partial charge in [-0.15, -0.1) is 0 Å². The third-order valence-electron chi connectivity index (χ3n) is 2.92. The fourth-order valence-corrected chi connectivity index (χ4v) is 3.03. The molecule has 0 saturated carbocycles. The van der Waals surface area contributed by atoms with E-state index in [1.807, 2.05) is 30.0 Å². The third-order valence-corrected chi connectivity index (χ3v) is 4.11. The number of thioether (sulfide) groups is 1. The minimum absolute atomic E-state index is 0.259. The number of benzene rings is 1. The number of ether oxygens (including phenoxy) is 2. The van der Waals surface area contributed by atoms with Crippen molar-refractivity contribution in [1.82, 2.24) is 0 Å². The normalized spacial score (nSPS) is 19.0. The molecule has 2 rings (SSSR count). The van der Waals surface area contributed by atoms with Gasteiger partial charge in [0.2, 0.25) is 0 Å². The molecule has 1 unspecified atom stereocenters. The first-order chi connectivity index (χ1) is 8.83. The van der Waals surface area contributed by atoms with Crippen LogP contribution in [0.4, 0.5) is 0 Å². The fourth-order valence-electron chi connectivity index (χ4n) is 2.00. The van der Waals surface area contributed by atoms with Gasteiger partial charge in [-0.2, -0.15) is 17.0 Å². The molecule has 1 aliphatic rings. The minimum atomic E-state index is 0.259. The molecule has 0 aliphatic carbocycles. The van der Waals surface area contributed by atoms with Gasteiger partial charge >= 0.3 is 0 Å². The summed E-state index contributed by atoms with van der Waals surface area (Å²) in [6, 6.07) is 7.85. The van der Waals surface area contributed by atoms with E-state index in [9.17, 15) is 0 Å². The summed E-state index contributed by atoms with van der Waals surface area (Å²) in [7, 11) is 1.64. The molecule has 1 saturated heterocycles. The van der Waals surface area contributed by atoms with E-state index in [1.165, 1.54) is 12.2 Å². The molecular formula is C14H17NO2S. The quantitative estimate of drug-likeness (QED) is 0.837. The zero-order valence-corrected chi connectivity index (χ0v) is 11.3. The molecule has 0 N–H and O–H groups in total. The van der Waals surface area contributed by atoms with Crippen molar-refractivity contribution in [2.75, 3.05) is 18.6 Å². The number of hydrogen-bond donors (Lipinski definition) is 0. The summed E-state index contributed by atoms with van der Waals surface area (Å²) < 4.78 is 11.3. The van der Waals surface area contributed by atoms with Gasteiger partial charge in [0.15, 0.2) is 11.5 Å². The first-order valence-corrected chi connectivity index (χ1v) is 7.27. The molecule has 18 heavy (non-hydrogen) atoms. The standard InChI is InChI=1S/C14H17NO2S/c1-16-13-5-4-11(6-7-15)9-14(13)17-12-3-2-8-18-10-12/h4-5,9,12H,2-3,6,8,10H2,1H3. The molecule has 4 heteroatoms. The van der Waals surface area contributed by atoms with Crippen LogP contribution in [0.15, 0.2) is 18.2 Å². The summed E-state index contributed by atoms with van der Waals surface area (Å²) in [6.45, 7) is 0. The lowest BCUT2D eigenvalue weighted by molar-refractivity contribution is 0.202. The summed E-state index contributed by atoms with van der Waals surface area (Å²) in [5, 5.41) is 8.73. The van der Waals surface area contributed by atoms with Crippen LogP contribution in [0.1, 0.15) is 18.4 Å². The van der Waals surface area contributed by atoms with Crippen LogP contribution >= 0.6 is 11.8 Å². The van der Waals surface area contributed by atoms with Gasteiger partial charge in [0.25, 0.3) is 0 Å². The highest BCUT2D eigenvalue weighted by molar-refractivity contribution is 7.99. The van der Waals surface area contributed by atoms with E-state index in [0.29, 0.717) is 6.42 Å². The Kier molecular flexibility index (Phi) is 4.77. The minimum Gasteiger partial charge on any atom is -0.493 e. The van der Waals surface area contributed by atoms with Crippen LogP contribution < -0.4 is 9.47 Å². The topological polar surface area (TPSA) is 42.2 Å². The van der Waals surface area contributed by atoms with Gasteiger partial charge in [0.05, 0.1) is 19.6 Å². The Balaban J connectivity index is 2.12. The molecule has 96 valence electrons. The predicted molar refractivity (Wildman–Crippen MR) is 73.3 cm³/mol. The number of nitrogens with zero attached hydrogens (tertiary/aromatic N) is 1. The van der Waals surface area contributed by atoms with Gasteiger partial charge in [-0.1, -0.05) is 6.07 Å². The first-order valence-electron chi connectivity index (χ1n) is 6.11. The van der Waals surface area contributed by atoms with Crippen molar-refractivity contribution >= 4 is 11.8 Å². The zero-order chi connectivity index (χ0) is 12.8. The molecule has 1 atom stereocenters. The highest BCUT2D eigenvalue weighted by Crippen LogP contribution is 2.31. The van der Waals surface area contributed by atoms with Crippen LogP contribution in [-0.4, -0.2) is 24.7 Å². The highest BCUT2D eigenvalue weighted by atomic mass is 32.2. The molecular weight excluding hydrogens is 246 g/mol. The molecule has 3 nitrogen and oxygen atoms in total. The van der Waals surface area contributed by atoms with Gasteiger partial charge in [0.1, 0.15) is 6.10 Å². The van der Waals surface area contributed by atoms with E-state index in [-0.39, 0.29) is 6.10 Å². The second kappa shape index (κ2) is 6.55. The number of methoxy groups -OCH3 is 1. The maximum absolute atomic E-state index is 8.73. The molecule has 0 spiro atoms. The number of hydrogen-bond acceptors (Lipinski definition) is 4. The lowest BCUT2D eigenvalue weighted by atomic mass is 10.1. The Bertz CT molecular complexity index is 436. The van der Waals surface area contributed by atoms with Crippen LogP contribution in [0, 0.1) is 11.3 Å². The van der Waals surface area contributed by atoms with Crippen molar-refractivity contribution < 1.29 is 9.47 Å². The zero-order valence-electron chi connectivity index (χ0n) is 10.5. The second-order valence-corrected chi connectivity index (χ2v) is 5.43. The average Bonchev–Trinajstić information content (AvgIpc) is 2.41.